The van der Waals surface area contributed by atoms with Crippen molar-refractivity contribution < 1.29 is 13.6 Å². The van der Waals surface area contributed by atoms with Gasteiger partial charge >= 0.3 is 0 Å². The van der Waals surface area contributed by atoms with Gasteiger partial charge in [-0.3, -0.25) is 4.79 Å². The molecule has 3 rings (SSSR count). The molecule has 1 aromatic heterocycles. The van der Waals surface area contributed by atoms with Crippen LogP contribution >= 0.6 is 0 Å². The zero-order valence-corrected chi connectivity index (χ0v) is 17.6. The van der Waals surface area contributed by atoms with E-state index >= 15 is 0 Å². The van der Waals surface area contributed by atoms with Crippen LogP contribution in [0.1, 0.15) is 70.6 Å². The number of hydrogen-bond acceptors (Lipinski definition) is 3. The quantitative estimate of drug-likeness (QED) is 0.751. The van der Waals surface area contributed by atoms with E-state index in [1.54, 1.807) is 0 Å². The summed E-state index contributed by atoms with van der Waals surface area (Å²) in [4.78, 5) is 19.4. The number of hydrogen-bond donors (Lipinski definition) is 1. The molecule has 1 amide bonds. The Morgan fingerprint density at radius 1 is 1.32 bits per heavy atom. The van der Waals surface area contributed by atoms with Crippen molar-refractivity contribution in [1.82, 2.24) is 4.98 Å². The summed E-state index contributed by atoms with van der Waals surface area (Å²) >= 11 is 0. The number of alkyl halides is 2. The fraction of sp³-hybridized carbons (Fsp3) is 0.727. The molecule has 1 aromatic rings. The lowest BCUT2D eigenvalue weighted by atomic mass is 9.86. The van der Waals surface area contributed by atoms with Gasteiger partial charge in [-0.05, 0) is 55.6 Å². The molecule has 0 atom stereocenters. The van der Waals surface area contributed by atoms with E-state index in [0.29, 0.717) is 31.0 Å². The predicted octanol–water partition coefficient (Wildman–Crippen LogP) is 5.34. The fourth-order valence-corrected chi connectivity index (χ4v) is 4.22. The first-order valence-electron chi connectivity index (χ1n) is 10.5. The van der Waals surface area contributed by atoms with Gasteiger partial charge in [0.05, 0.1) is 11.4 Å². The van der Waals surface area contributed by atoms with Crippen molar-refractivity contribution >= 4 is 17.4 Å². The van der Waals surface area contributed by atoms with Gasteiger partial charge in [-0.15, -0.1) is 0 Å². The highest BCUT2D eigenvalue weighted by molar-refractivity contribution is 5.91. The van der Waals surface area contributed by atoms with Crippen LogP contribution in [0.25, 0.3) is 0 Å². The van der Waals surface area contributed by atoms with E-state index in [-0.39, 0.29) is 24.2 Å². The number of fused-ring (bicyclic) bond motifs is 1. The van der Waals surface area contributed by atoms with Crippen LogP contribution in [0.2, 0.25) is 0 Å². The van der Waals surface area contributed by atoms with Crippen molar-refractivity contribution in [2.45, 2.75) is 78.6 Å². The highest BCUT2D eigenvalue weighted by Crippen LogP contribution is 2.38. The van der Waals surface area contributed by atoms with Crippen LogP contribution in [0.4, 0.5) is 20.3 Å². The Morgan fingerprint density at radius 3 is 2.64 bits per heavy atom. The van der Waals surface area contributed by atoms with Crippen molar-refractivity contribution in [2.75, 3.05) is 23.3 Å². The molecule has 1 aliphatic heterocycles. The first-order chi connectivity index (χ1) is 13.0. The van der Waals surface area contributed by atoms with E-state index in [9.17, 15) is 13.6 Å². The molecule has 28 heavy (non-hydrogen) atoms. The van der Waals surface area contributed by atoms with E-state index in [1.807, 2.05) is 27.7 Å². The molecule has 0 saturated heterocycles. The maximum Gasteiger partial charge on any atom is 0.248 e. The standard InChI is InChI=1S/C22H33F2N3O/c1-15-12-18-17(25-20(15)26-19(28)13-21(2,3)4)6-5-11-27(18)14-16-7-9-22(23,24)10-8-16/h12,16H,5-11,13-14H2,1-4H3,(H,25,26,28). The van der Waals surface area contributed by atoms with Crippen LogP contribution in [0, 0.1) is 18.3 Å². The van der Waals surface area contributed by atoms with Crippen LogP contribution in [0.5, 0.6) is 0 Å². The maximum atomic E-state index is 13.4. The third-order valence-corrected chi connectivity index (χ3v) is 5.72. The Balaban J connectivity index is 1.70. The first kappa shape index (κ1) is 21.0. The van der Waals surface area contributed by atoms with E-state index in [2.05, 4.69) is 16.3 Å². The minimum Gasteiger partial charge on any atom is -0.370 e. The predicted molar refractivity (Wildman–Crippen MR) is 109 cm³/mol. The number of carbonyl (C=O) groups is 1. The zero-order valence-electron chi connectivity index (χ0n) is 17.6. The molecule has 1 fully saturated rings. The summed E-state index contributed by atoms with van der Waals surface area (Å²) in [5.41, 5.74) is 2.99. The highest BCUT2D eigenvalue weighted by Gasteiger charge is 2.36. The van der Waals surface area contributed by atoms with Gasteiger partial charge in [0, 0.05) is 32.4 Å². The molecule has 6 heteroatoms. The molecule has 2 aliphatic rings. The van der Waals surface area contributed by atoms with Gasteiger partial charge in [-0.2, -0.15) is 0 Å². The molecule has 0 spiro atoms. The van der Waals surface area contributed by atoms with Gasteiger partial charge in [-0.25, -0.2) is 13.8 Å². The average molecular weight is 394 g/mol. The van der Waals surface area contributed by atoms with Gasteiger partial charge < -0.3 is 10.2 Å². The molecule has 0 bridgehead atoms. The van der Waals surface area contributed by atoms with Crippen LogP contribution in [-0.2, 0) is 11.2 Å². The Labute approximate surface area is 167 Å². The number of aromatic nitrogens is 1. The number of anilines is 2. The minimum atomic E-state index is -2.48. The molecule has 0 aromatic carbocycles. The Kier molecular flexibility index (Phi) is 5.97. The number of pyridine rings is 1. The second-order valence-corrected chi connectivity index (χ2v) is 9.75. The topological polar surface area (TPSA) is 45.2 Å². The van der Waals surface area contributed by atoms with Crippen LogP contribution in [-0.4, -0.2) is 29.9 Å². The summed E-state index contributed by atoms with van der Waals surface area (Å²) in [6, 6.07) is 2.10. The largest absolute Gasteiger partial charge is 0.370 e. The molecular weight excluding hydrogens is 360 g/mol. The number of amides is 1. The highest BCUT2D eigenvalue weighted by atomic mass is 19.3. The summed E-state index contributed by atoms with van der Waals surface area (Å²) in [7, 11) is 0. The van der Waals surface area contributed by atoms with Crippen molar-refractivity contribution in [2.24, 2.45) is 11.3 Å². The van der Waals surface area contributed by atoms with Gasteiger partial charge in [0.2, 0.25) is 11.8 Å². The van der Waals surface area contributed by atoms with Gasteiger partial charge in [0.25, 0.3) is 0 Å². The SMILES string of the molecule is Cc1cc2c(nc1NC(=O)CC(C)(C)C)CCCN2CC1CCC(F)(F)CC1. The van der Waals surface area contributed by atoms with Crippen molar-refractivity contribution in [3.63, 3.8) is 0 Å². The zero-order chi connectivity index (χ0) is 20.5. The van der Waals surface area contributed by atoms with E-state index in [1.165, 1.54) is 0 Å². The smallest absolute Gasteiger partial charge is 0.248 e. The molecule has 1 saturated carbocycles. The maximum absolute atomic E-state index is 13.4. The summed E-state index contributed by atoms with van der Waals surface area (Å²) in [6.45, 7) is 9.85. The third-order valence-electron chi connectivity index (χ3n) is 5.72. The lowest BCUT2D eigenvalue weighted by Crippen LogP contribution is -2.37. The number of nitrogens with one attached hydrogen (secondary N) is 1. The van der Waals surface area contributed by atoms with E-state index < -0.39 is 5.92 Å². The molecule has 1 N–H and O–H groups in total. The molecule has 0 unspecified atom stereocenters. The summed E-state index contributed by atoms with van der Waals surface area (Å²) in [5, 5.41) is 2.97. The molecule has 4 nitrogen and oxygen atoms in total. The van der Waals surface area contributed by atoms with Crippen LogP contribution in [0.3, 0.4) is 0 Å². The summed E-state index contributed by atoms with van der Waals surface area (Å²) < 4.78 is 26.9. The summed E-state index contributed by atoms with van der Waals surface area (Å²) in [5.74, 6) is -1.53. The van der Waals surface area contributed by atoms with E-state index in [0.717, 1.165) is 42.9 Å². The van der Waals surface area contributed by atoms with Gasteiger partial charge in [0.1, 0.15) is 5.82 Å². The van der Waals surface area contributed by atoms with Crippen molar-refractivity contribution in [1.29, 1.82) is 0 Å². The lowest BCUT2D eigenvalue weighted by molar-refractivity contribution is -0.117. The lowest BCUT2D eigenvalue weighted by Gasteiger charge is -2.36. The monoisotopic (exact) mass is 393 g/mol. The Morgan fingerprint density at radius 2 is 2.00 bits per heavy atom. The first-order valence-corrected chi connectivity index (χ1v) is 10.5. The van der Waals surface area contributed by atoms with Crippen molar-refractivity contribution in [3.05, 3.63) is 17.3 Å². The minimum absolute atomic E-state index is 0.00832. The average Bonchev–Trinajstić information content (AvgIpc) is 2.56. The van der Waals surface area contributed by atoms with Crippen LogP contribution in [0.15, 0.2) is 6.07 Å². The number of aryl methyl sites for hydroxylation is 2. The second kappa shape index (κ2) is 7.96. The molecule has 2 heterocycles. The third kappa shape index (κ3) is 5.42. The number of halogens is 2. The molecule has 0 radical (unpaired) electrons. The number of carbonyl (C=O) groups excluding carboxylic acids is 1. The van der Waals surface area contributed by atoms with Crippen molar-refractivity contribution in [3.8, 4) is 0 Å². The Hall–Kier alpha value is -1.72. The molecule has 1 aliphatic carbocycles. The van der Waals surface area contributed by atoms with Crippen LogP contribution < -0.4 is 10.2 Å². The van der Waals surface area contributed by atoms with Gasteiger partial charge in [-0.1, -0.05) is 20.8 Å². The fourth-order valence-electron chi connectivity index (χ4n) is 4.22. The van der Waals surface area contributed by atoms with E-state index in [4.69, 9.17) is 4.98 Å². The second-order valence-electron chi connectivity index (χ2n) is 9.75. The number of nitrogens with zero attached hydrogens (tertiary/aromatic N) is 2. The summed E-state index contributed by atoms with van der Waals surface area (Å²) in [6.07, 6.45) is 3.53. The Bertz CT molecular complexity index is 717. The molecule has 156 valence electrons. The normalized spacial score (nSPS) is 20.0. The molecular formula is C22H33F2N3O. The number of rotatable bonds is 4. The van der Waals surface area contributed by atoms with Gasteiger partial charge in [0.15, 0.2) is 0 Å².